The van der Waals surface area contributed by atoms with Crippen molar-refractivity contribution < 1.29 is 4.39 Å². The molecule has 0 aromatic carbocycles. The maximum absolute atomic E-state index is 13.0. The van der Waals surface area contributed by atoms with Crippen molar-refractivity contribution in [2.45, 2.75) is 50.7 Å². The van der Waals surface area contributed by atoms with E-state index in [9.17, 15) is 4.39 Å². The highest BCUT2D eigenvalue weighted by Crippen LogP contribution is 2.32. The third-order valence-electron chi connectivity index (χ3n) is 4.32. The fourth-order valence-corrected chi connectivity index (χ4v) is 3.22. The molecule has 3 rings (SSSR count). The average molecular weight is 288 g/mol. The lowest BCUT2D eigenvalue weighted by Gasteiger charge is -2.27. The van der Waals surface area contributed by atoms with E-state index in [1.165, 1.54) is 25.1 Å². The number of imidazole rings is 1. The molecule has 3 atom stereocenters. The molecule has 21 heavy (non-hydrogen) atoms. The monoisotopic (exact) mass is 288 g/mol. The molecule has 5 heteroatoms. The molecule has 1 saturated carbocycles. The van der Waals surface area contributed by atoms with Crippen LogP contribution in [0.2, 0.25) is 0 Å². The van der Waals surface area contributed by atoms with Gasteiger partial charge in [0, 0.05) is 30.5 Å². The molecule has 4 nitrogen and oxygen atoms in total. The summed E-state index contributed by atoms with van der Waals surface area (Å²) in [6.07, 6.45) is 11.5. The van der Waals surface area contributed by atoms with Crippen molar-refractivity contribution in [2.24, 2.45) is 0 Å². The van der Waals surface area contributed by atoms with E-state index in [1.807, 2.05) is 18.7 Å². The Hall–Kier alpha value is -1.75. The van der Waals surface area contributed by atoms with Crippen LogP contribution >= 0.6 is 0 Å². The maximum atomic E-state index is 13.0. The Kier molecular flexibility index (Phi) is 4.29. The molecule has 0 amide bonds. The third kappa shape index (κ3) is 3.13. The van der Waals surface area contributed by atoms with Crippen molar-refractivity contribution in [3.63, 3.8) is 0 Å². The van der Waals surface area contributed by atoms with E-state index in [4.69, 9.17) is 0 Å². The quantitative estimate of drug-likeness (QED) is 0.918. The molecule has 112 valence electrons. The zero-order chi connectivity index (χ0) is 14.7. The normalized spacial score (nSPS) is 23.3. The van der Waals surface area contributed by atoms with E-state index in [0.29, 0.717) is 12.1 Å². The van der Waals surface area contributed by atoms with Gasteiger partial charge in [-0.25, -0.2) is 9.37 Å². The zero-order valence-electron chi connectivity index (χ0n) is 12.2. The molecule has 1 aliphatic rings. The lowest BCUT2D eigenvalue weighted by Crippen LogP contribution is -2.36. The molecule has 2 heterocycles. The Morgan fingerprint density at radius 1 is 1.43 bits per heavy atom. The number of aromatic nitrogens is 3. The highest BCUT2D eigenvalue weighted by molar-refractivity contribution is 5.10. The first-order valence-corrected chi connectivity index (χ1v) is 7.63. The lowest BCUT2D eigenvalue weighted by atomic mass is 10.1. The number of hydrogen-bond acceptors (Lipinski definition) is 3. The van der Waals surface area contributed by atoms with E-state index in [0.717, 1.165) is 18.5 Å². The summed E-state index contributed by atoms with van der Waals surface area (Å²) in [5.74, 6) is -0.286. The van der Waals surface area contributed by atoms with Gasteiger partial charge < -0.3 is 9.88 Å². The summed E-state index contributed by atoms with van der Waals surface area (Å²) in [6, 6.07) is 4.28. The average Bonchev–Trinajstić information content (AvgIpc) is 3.16. The van der Waals surface area contributed by atoms with Gasteiger partial charge in [-0.2, -0.15) is 0 Å². The van der Waals surface area contributed by atoms with Crippen LogP contribution in [0.4, 0.5) is 4.39 Å². The molecule has 1 N–H and O–H groups in total. The van der Waals surface area contributed by atoms with Crippen molar-refractivity contribution >= 4 is 0 Å². The van der Waals surface area contributed by atoms with Gasteiger partial charge >= 0.3 is 0 Å². The van der Waals surface area contributed by atoms with Crippen molar-refractivity contribution in [3.05, 3.63) is 48.6 Å². The first kappa shape index (κ1) is 14.2. The van der Waals surface area contributed by atoms with Crippen molar-refractivity contribution in [1.29, 1.82) is 0 Å². The van der Waals surface area contributed by atoms with E-state index >= 15 is 0 Å². The van der Waals surface area contributed by atoms with E-state index in [-0.39, 0.29) is 11.9 Å². The van der Waals surface area contributed by atoms with Gasteiger partial charge in [0.1, 0.15) is 5.82 Å². The molecule has 2 aromatic rings. The molecule has 1 fully saturated rings. The van der Waals surface area contributed by atoms with Crippen LogP contribution in [0.25, 0.3) is 0 Å². The minimum absolute atomic E-state index is 0.166. The molecule has 3 unspecified atom stereocenters. The summed E-state index contributed by atoms with van der Waals surface area (Å²) in [6.45, 7) is 2.13. The molecule has 0 saturated heterocycles. The number of nitrogens with zero attached hydrogens (tertiary/aromatic N) is 3. The number of pyridine rings is 1. The molecule has 0 aliphatic heterocycles. The Morgan fingerprint density at radius 3 is 3.00 bits per heavy atom. The van der Waals surface area contributed by atoms with Crippen molar-refractivity contribution in [2.75, 3.05) is 0 Å². The van der Waals surface area contributed by atoms with Crippen LogP contribution in [0.15, 0.2) is 37.1 Å². The highest BCUT2D eigenvalue weighted by atomic mass is 19.1. The van der Waals surface area contributed by atoms with Gasteiger partial charge in [0.15, 0.2) is 0 Å². The van der Waals surface area contributed by atoms with Gasteiger partial charge in [-0.3, -0.25) is 4.98 Å². The second-order valence-corrected chi connectivity index (χ2v) is 5.64. The summed E-state index contributed by atoms with van der Waals surface area (Å²) in [5, 5.41) is 3.71. The van der Waals surface area contributed by atoms with Crippen molar-refractivity contribution in [3.8, 4) is 0 Å². The number of nitrogens with one attached hydrogen (secondary N) is 1. The third-order valence-corrected chi connectivity index (χ3v) is 4.32. The fraction of sp³-hybridized carbons (Fsp3) is 0.500. The first-order chi connectivity index (χ1) is 10.3. The molecule has 2 aromatic heterocycles. The Bertz CT molecular complexity index is 552. The van der Waals surface area contributed by atoms with E-state index in [1.54, 1.807) is 6.07 Å². The van der Waals surface area contributed by atoms with Gasteiger partial charge in [-0.05, 0) is 37.8 Å². The summed E-state index contributed by atoms with van der Waals surface area (Å²) < 4.78 is 15.2. The van der Waals surface area contributed by atoms with Crippen LogP contribution in [0.5, 0.6) is 0 Å². The Morgan fingerprint density at radius 2 is 2.33 bits per heavy atom. The highest BCUT2D eigenvalue weighted by Gasteiger charge is 2.30. The standard InChI is InChI=1S/C16H21FN4/c1-2-13(14-7-6-12(17)10-19-14)20-15-4-3-5-16(15)21-9-8-18-11-21/h6-11,13,15-16,20H,2-5H2,1H3. The summed E-state index contributed by atoms with van der Waals surface area (Å²) in [5.41, 5.74) is 0.912. The minimum atomic E-state index is -0.286. The van der Waals surface area contributed by atoms with Crippen LogP contribution in [0, 0.1) is 5.82 Å². The molecule has 1 aliphatic carbocycles. The molecule has 0 radical (unpaired) electrons. The predicted molar refractivity (Wildman–Crippen MR) is 79.3 cm³/mol. The van der Waals surface area contributed by atoms with E-state index < -0.39 is 0 Å². The van der Waals surface area contributed by atoms with Gasteiger partial charge in [-0.15, -0.1) is 0 Å². The van der Waals surface area contributed by atoms with Crippen LogP contribution < -0.4 is 5.32 Å². The topological polar surface area (TPSA) is 42.7 Å². The van der Waals surface area contributed by atoms with Gasteiger partial charge in [-0.1, -0.05) is 6.92 Å². The van der Waals surface area contributed by atoms with Gasteiger partial charge in [0.25, 0.3) is 0 Å². The zero-order valence-corrected chi connectivity index (χ0v) is 12.2. The molecular formula is C16H21FN4. The second-order valence-electron chi connectivity index (χ2n) is 5.64. The predicted octanol–water partition coefficient (Wildman–Crippen LogP) is 3.25. The SMILES string of the molecule is CCC(NC1CCCC1n1ccnc1)c1ccc(F)cn1. The smallest absolute Gasteiger partial charge is 0.141 e. The summed E-state index contributed by atoms with van der Waals surface area (Å²) >= 11 is 0. The molecule has 0 spiro atoms. The molecule has 0 bridgehead atoms. The van der Waals surface area contributed by atoms with Crippen LogP contribution in [-0.2, 0) is 0 Å². The van der Waals surface area contributed by atoms with Crippen molar-refractivity contribution in [1.82, 2.24) is 19.9 Å². The van der Waals surface area contributed by atoms with Crippen LogP contribution in [0.1, 0.15) is 50.4 Å². The van der Waals surface area contributed by atoms with Gasteiger partial charge in [0.2, 0.25) is 0 Å². The summed E-state index contributed by atoms with van der Waals surface area (Å²) in [7, 11) is 0. The fourth-order valence-electron chi connectivity index (χ4n) is 3.22. The number of hydrogen-bond donors (Lipinski definition) is 1. The number of rotatable bonds is 5. The summed E-state index contributed by atoms with van der Waals surface area (Å²) in [4.78, 5) is 8.37. The lowest BCUT2D eigenvalue weighted by molar-refractivity contribution is 0.345. The van der Waals surface area contributed by atoms with Crippen LogP contribution in [-0.4, -0.2) is 20.6 Å². The Labute approximate surface area is 124 Å². The molecular weight excluding hydrogens is 267 g/mol. The second kappa shape index (κ2) is 6.35. The number of halogens is 1. The largest absolute Gasteiger partial charge is 0.333 e. The van der Waals surface area contributed by atoms with Gasteiger partial charge in [0.05, 0.1) is 18.2 Å². The van der Waals surface area contributed by atoms with Crippen LogP contribution in [0.3, 0.4) is 0 Å². The first-order valence-electron chi connectivity index (χ1n) is 7.63. The maximum Gasteiger partial charge on any atom is 0.141 e. The minimum Gasteiger partial charge on any atom is -0.333 e. The van der Waals surface area contributed by atoms with E-state index in [2.05, 4.69) is 26.8 Å². The Balaban J connectivity index is 1.72.